The van der Waals surface area contributed by atoms with Gasteiger partial charge in [0.25, 0.3) is 0 Å². The van der Waals surface area contributed by atoms with E-state index in [2.05, 4.69) is 28.5 Å². The van der Waals surface area contributed by atoms with E-state index in [4.69, 9.17) is 9.26 Å². The van der Waals surface area contributed by atoms with Gasteiger partial charge in [-0.1, -0.05) is 5.16 Å². The molecule has 20 heavy (non-hydrogen) atoms. The fraction of sp³-hybridized carbons (Fsp3) is 0.800. The molecule has 0 radical (unpaired) electrons. The summed E-state index contributed by atoms with van der Waals surface area (Å²) in [5.74, 6) is 1.72. The van der Waals surface area contributed by atoms with Crippen molar-refractivity contribution in [2.24, 2.45) is 5.92 Å². The van der Waals surface area contributed by atoms with Crippen LogP contribution in [0.3, 0.4) is 0 Å². The van der Waals surface area contributed by atoms with Crippen molar-refractivity contribution in [1.29, 1.82) is 0 Å². The molecule has 0 atom stereocenters. The second-order valence-corrected chi connectivity index (χ2v) is 6.19. The van der Waals surface area contributed by atoms with Crippen LogP contribution in [0.25, 0.3) is 0 Å². The first-order valence-corrected chi connectivity index (χ1v) is 7.74. The Balaban J connectivity index is 1.41. The van der Waals surface area contributed by atoms with Crippen molar-refractivity contribution >= 4 is 0 Å². The molecule has 0 unspecified atom stereocenters. The number of aromatic nitrogens is 1. The molecule has 1 aliphatic heterocycles. The van der Waals surface area contributed by atoms with Crippen LogP contribution in [0, 0.1) is 5.92 Å². The fourth-order valence-electron chi connectivity index (χ4n) is 2.75. The maximum absolute atomic E-state index is 5.42. The van der Waals surface area contributed by atoms with E-state index in [1.165, 1.54) is 25.7 Å². The molecule has 3 rings (SSSR count). The zero-order chi connectivity index (χ0) is 13.8. The van der Waals surface area contributed by atoms with Crippen LogP contribution < -0.4 is 5.32 Å². The Kier molecular flexibility index (Phi) is 4.70. The van der Waals surface area contributed by atoms with Gasteiger partial charge < -0.3 is 14.6 Å². The van der Waals surface area contributed by atoms with Crippen molar-refractivity contribution < 1.29 is 9.26 Å². The molecule has 0 bridgehead atoms. The average Bonchev–Trinajstić information content (AvgIpc) is 3.18. The third kappa shape index (κ3) is 4.30. The lowest BCUT2D eigenvalue weighted by Crippen LogP contribution is -2.29. The van der Waals surface area contributed by atoms with Crippen LogP contribution in [-0.2, 0) is 17.8 Å². The van der Waals surface area contributed by atoms with Crippen molar-refractivity contribution in [3.63, 3.8) is 0 Å². The second-order valence-electron chi connectivity index (χ2n) is 6.19. The Labute approximate surface area is 120 Å². The van der Waals surface area contributed by atoms with Gasteiger partial charge >= 0.3 is 0 Å². The molecule has 0 aromatic carbocycles. The van der Waals surface area contributed by atoms with Crippen LogP contribution in [0.1, 0.15) is 37.1 Å². The fourth-order valence-corrected chi connectivity index (χ4v) is 2.75. The van der Waals surface area contributed by atoms with E-state index in [-0.39, 0.29) is 0 Å². The van der Waals surface area contributed by atoms with Crippen molar-refractivity contribution in [2.45, 2.75) is 44.8 Å². The summed E-state index contributed by atoms with van der Waals surface area (Å²) in [6.45, 7) is 4.61. The van der Waals surface area contributed by atoms with Crippen molar-refractivity contribution in [2.75, 3.05) is 26.8 Å². The Morgan fingerprint density at radius 2 is 2.10 bits per heavy atom. The number of ether oxygens (including phenoxy) is 1. The zero-order valence-corrected chi connectivity index (χ0v) is 12.3. The number of nitrogens with one attached hydrogen (secondary N) is 1. The lowest BCUT2D eigenvalue weighted by molar-refractivity contribution is 0.0540. The summed E-state index contributed by atoms with van der Waals surface area (Å²) in [7, 11) is 2.15. The highest BCUT2D eigenvalue weighted by Gasteiger charge is 2.21. The van der Waals surface area contributed by atoms with Crippen molar-refractivity contribution in [3.05, 3.63) is 17.5 Å². The van der Waals surface area contributed by atoms with Gasteiger partial charge in [-0.15, -0.1) is 0 Å². The van der Waals surface area contributed by atoms with Gasteiger partial charge in [0.1, 0.15) is 0 Å². The van der Waals surface area contributed by atoms with E-state index in [0.29, 0.717) is 6.04 Å². The lowest BCUT2D eigenvalue weighted by atomic mass is 10.00. The Bertz CT molecular complexity index is 411. The minimum Gasteiger partial charge on any atom is -0.381 e. The lowest BCUT2D eigenvalue weighted by Gasteiger charge is -2.26. The summed E-state index contributed by atoms with van der Waals surface area (Å²) in [6.07, 6.45) is 4.96. The number of nitrogens with zero attached hydrogens (tertiary/aromatic N) is 2. The predicted molar refractivity (Wildman–Crippen MR) is 76.2 cm³/mol. The van der Waals surface area contributed by atoms with Crippen LogP contribution in [0.2, 0.25) is 0 Å². The molecule has 1 aliphatic carbocycles. The molecule has 0 spiro atoms. The van der Waals surface area contributed by atoms with Crippen molar-refractivity contribution in [3.8, 4) is 0 Å². The van der Waals surface area contributed by atoms with Crippen LogP contribution in [0.5, 0.6) is 0 Å². The molecule has 5 heteroatoms. The second kappa shape index (κ2) is 6.70. The summed E-state index contributed by atoms with van der Waals surface area (Å²) in [4.78, 5) is 2.33. The van der Waals surface area contributed by atoms with Gasteiger partial charge in [-0.05, 0) is 38.6 Å². The molecule has 2 aliphatic rings. The van der Waals surface area contributed by atoms with Crippen molar-refractivity contribution in [1.82, 2.24) is 15.4 Å². The zero-order valence-electron chi connectivity index (χ0n) is 12.3. The Hall–Kier alpha value is -0.910. The SMILES string of the molecule is CN(Cc1cc(CNC2CC2)no1)CC1CCOCC1. The van der Waals surface area contributed by atoms with E-state index < -0.39 is 0 Å². The maximum atomic E-state index is 5.42. The predicted octanol–water partition coefficient (Wildman–Crippen LogP) is 1.78. The van der Waals surface area contributed by atoms with E-state index in [0.717, 1.165) is 50.2 Å². The molecular formula is C15H25N3O2. The highest BCUT2D eigenvalue weighted by Crippen LogP contribution is 2.20. The number of rotatable bonds is 7. The summed E-state index contributed by atoms with van der Waals surface area (Å²) in [5.41, 5.74) is 1.02. The van der Waals surface area contributed by atoms with E-state index in [1.807, 2.05) is 0 Å². The first-order chi connectivity index (χ1) is 9.79. The third-order valence-electron chi connectivity index (χ3n) is 4.09. The standard InChI is InChI=1S/C15H25N3O2/c1-18(10-12-4-6-19-7-5-12)11-15-8-14(17-20-15)9-16-13-2-3-13/h8,12-13,16H,2-7,9-11H2,1H3. The maximum Gasteiger partial charge on any atom is 0.151 e. The molecule has 5 nitrogen and oxygen atoms in total. The highest BCUT2D eigenvalue weighted by molar-refractivity contribution is 5.05. The molecule has 112 valence electrons. The monoisotopic (exact) mass is 279 g/mol. The molecule has 1 N–H and O–H groups in total. The highest BCUT2D eigenvalue weighted by atomic mass is 16.5. The minimum atomic E-state index is 0.714. The molecular weight excluding hydrogens is 254 g/mol. The summed E-state index contributed by atoms with van der Waals surface area (Å²) in [6, 6.07) is 2.79. The van der Waals surface area contributed by atoms with Crippen LogP contribution in [0.15, 0.2) is 10.6 Å². The van der Waals surface area contributed by atoms with Gasteiger partial charge in [0, 0.05) is 38.4 Å². The smallest absolute Gasteiger partial charge is 0.151 e. The molecule has 1 saturated carbocycles. The molecule has 2 heterocycles. The molecule has 0 amide bonds. The molecule has 1 aromatic heterocycles. The molecule has 1 saturated heterocycles. The Morgan fingerprint density at radius 1 is 1.30 bits per heavy atom. The Morgan fingerprint density at radius 3 is 2.85 bits per heavy atom. The van der Waals surface area contributed by atoms with Gasteiger partial charge in [0.2, 0.25) is 0 Å². The summed E-state index contributed by atoms with van der Waals surface area (Å²) < 4.78 is 10.8. The van der Waals surface area contributed by atoms with Crippen LogP contribution >= 0.6 is 0 Å². The normalized spacial score (nSPS) is 20.7. The largest absolute Gasteiger partial charge is 0.381 e. The summed E-state index contributed by atoms with van der Waals surface area (Å²) in [5, 5.41) is 7.59. The molecule has 2 fully saturated rings. The number of hydrogen-bond acceptors (Lipinski definition) is 5. The third-order valence-corrected chi connectivity index (χ3v) is 4.09. The first-order valence-electron chi connectivity index (χ1n) is 7.74. The van der Waals surface area contributed by atoms with Gasteiger partial charge in [0.15, 0.2) is 5.76 Å². The summed E-state index contributed by atoms with van der Waals surface area (Å²) >= 11 is 0. The van der Waals surface area contributed by atoms with Gasteiger partial charge in [-0.25, -0.2) is 0 Å². The van der Waals surface area contributed by atoms with E-state index >= 15 is 0 Å². The minimum absolute atomic E-state index is 0.714. The van der Waals surface area contributed by atoms with Crippen LogP contribution in [0.4, 0.5) is 0 Å². The topological polar surface area (TPSA) is 50.5 Å². The van der Waals surface area contributed by atoms with Crippen LogP contribution in [-0.4, -0.2) is 42.9 Å². The average molecular weight is 279 g/mol. The van der Waals surface area contributed by atoms with E-state index in [9.17, 15) is 0 Å². The van der Waals surface area contributed by atoms with Gasteiger partial charge in [-0.3, -0.25) is 4.90 Å². The van der Waals surface area contributed by atoms with Gasteiger partial charge in [0.05, 0.1) is 12.2 Å². The number of hydrogen-bond donors (Lipinski definition) is 1. The molecule has 1 aromatic rings. The quantitative estimate of drug-likeness (QED) is 0.824. The first kappa shape index (κ1) is 14.0. The van der Waals surface area contributed by atoms with Gasteiger partial charge in [-0.2, -0.15) is 0 Å². The van der Waals surface area contributed by atoms with E-state index in [1.54, 1.807) is 0 Å².